The van der Waals surface area contributed by atoms with Gasteiger partial charge in [0.15, 0.2) is 0 Å². The summed E-state index contributed by atoms with van der Waals surface area (Å²) >= 11 is 0. The van der Waals surface area contributed by atoms with E-state index in [2.05, 4.69) is 26.8 Å². The summed E-state index contributed by atoms with van der Waals surface area (Å²) < 4.78 is 10.6. The fourth-order valence-corrected chi connectivity index (χ4v) is 3.99. The second kappa shape index (κ2) is 19.4. The Labute approximate surface area is 261 Å². The van der Waals surface area contributed by atoms with Crippen LogP contribution >= 0.6 is 0 Å². The van der Waals surface area contributed by atoms with Crippen molar-refractivity contribution in [3.8, 4) is 0 Å². The van der Waals surface area contributed by atoms with Gasteiger partial charge in [-0.2, -0.15) is 0 Å². The van der Waals surface area contributed by atoms with Crippen LogP contribution in [0.3, 0.4) is 0 Å². The van der Waals surface area contributed by atoms with Gasteiger partial charge in [0.1, 0.15) is 24.3 Å². The molecule has 0 radical (unpaired) electrons. The van der Waals surface area contributed by atoms with Gasteiger partial charge in [0.05, 0.1) is 0 Å². The van der Waals surface area contributed by atoms with Crippen molar-refractivity contribution in [2.45, 2.75) is 111 Å². The lowest BCUT2D eigenvalue weighted by Gasteiger charge is -2.24. The predicted molar refractivity (Wildman–Crippen MR) is 168 cm³/mol. The van der Waals surface area contributed by atoms with Crippen LogP contribution in [-0.4, -0.2) is 54.1 Å². The highest BCUT2D eigenvalue weighted by molar-refractivity contribution is 5.96. The smallest absolute Gasteiger partial charge is 0.408 e. The standard InChI is InChI=1S/C31H52N6O7/c1-20(2)17-24(35-30(42)44-31(5,6)7)27(39)33-23-14-12-22(13-15-23)19-43-29(41)34-25(18-21(3)4)28(40)37-36-26(38)11-9-8-10-16-32/h12-15,20-21,24-25H,8-11,16-19,32H2,1-7H3,(H,33,39)(H,34,41)(H,35,42)(H,36,38)(H,37,40)/t24-,25+/m0/s1. The molecule has 5 amide bonds. The van der Waals surface area contributed by atoms with Crippen LogP contribution in [-0.2, 0) is 30.5 Å². The van der Waals surface area contributed by atoms with Gasteiger partial charge in [-0.05, 0) is 82.5 Å². The molecule has 0 saturated carbocycles. The van der Waals surface area contributed by atoms with Crippen molar-refractivity contribution in [2.24, 2.45) is 17.6 Å². The number of anilines is 1. The number of hydrazine groups is 1. The molecule has 13 heteroatoms. The highest BCUT2D eigenvalue weighted by Gasteiger charge is 2.26. The van der Waals surface area contributed by atoms with Gasteiger partial charge in [-0.15, -0.1) is 0 Å². The predicted octanol–water partition coefficient (Wildman–Crippen LogP) is 3.87. The molecule has 2 atom stereocenters. The van der Waals surface area contributed by atoms with Gasteiger partial charge in [-0.25, -0.2) is 9.59 Å². The highest BCUT2D eigenvalue weighted by atomic mass is 16.6. The van der Waals surface area contributed by atoms with Crippen LogP contribution in [0.25, 0.3) is 0 Å². The fourth-order valence-electron chi connectivity index (χ4n) is 3.99. The van der Waals surface area contributed by atoms with Crippen molar-refractivity contribution in [1.82, 2.24) is 21.5 Å². The second-order valence-corrected chi connectivity index (χ2v) is 12.6. The van der Waals surface area contributed by atoms with Crippen molar-refractivity contribution < 1.29 is 33.4 Å². The maximum absolute atomic E-state index is 12.9. The third-order valence-electron chi connectivity index (χ3n) is 6.05. The van der Waals surface area contributed by atoms with Crippen molar-refractivity contribution in [1.29, 1.82) is 0 Å². The molecule has 7 N–H and O–H groups in total. The van der Waals surface area contributed by atoms with Gasteiger partial charge < -0.3 is 31.2 Å². The molecule has 1 rings (SSSR count). The molecule has 0 spiro atoms. The molecular weight excluding hydrogens is 568 g/mol. The van der Waals surface area contributed by atoms with Crippen LogP contribution in [0, 0.1) is 11.8 Å². The Bertz CT molecular complexity index is 1070. The number of carbonyl (C=O) groups is 5. The summed E-state index contributed by atoms with van der Waals surface area (Å²) in [5.74, 6) is -1.03. The number of carbonyl (C=O) groups excluding carboxylic acids is 5. The maximum Gasteiger partial charge on any atom is 0.408 e. The fraction of sp³-hybridized carbons (Fsp3) is 0.645. The molecule has 0 aliphatic carbocycles. The topological polar surface area (TPSA) is 190 Å². The minimum absolute atomic E-state index is 0.0776. The zero-order chi connectivity index (χ0) is 33.3. The molecule has 0 aromatic heterocycles. The summed E-state index contributed by atoms with van der Waals surface area (Å²) in [4.78, 5) is 62.3. The zero-order valence-corrected chi connectivity index (χ0v) is 27.2. The van der Waals surface area contributed by atoms with E-state index in [0.29, 0.717) is 37.1 Å². The number of unbranched alkanes of at least 4 members (excludes halogenated alkanes) is 2. The summed E-state index contributed by atoms with van der Waals surface area (Å²) in [6.07, 6.45) is 1.87. The number of hydrogen-bond acceptors (Lipinski definition) is 8. The quantitative estimate of drug-likeness (QED) is 0.119. The molecule has 0 fully saturated rings. The molecule has 248 valence electrons. The van der Waals surface area contributed by atoms with Gasteiger partial charge in [0.2, 0.25) is 11.8 Å². The number of ether oxygens (including phenoxy) is 2. The van der Waals surface area contributed by atoms with Crippen molar-refractivity contribution in [2.75, 3.05) is 11.9 Å². The van der Waals surface area contributed by atoms with Crippen LogP contribution in [0.4, 0.5) is 15.3 Å². The number of alkyl carbamates (subject to hydrolysis) is 2. The highest BCUT2D eigenvalue weighted by Crippen LogP contribution is 2.14. The zero-order valence-electron chi connectivity index (χ0n) is 27.2. The van der Waals surface area contributed by atoms with Gasteiger partial charge in [0, 0.05) is 12.1 Å². The average molecular weight is 621 g/mol. The molecule has 0 aliphatic heterocycles. The van der Waals surface area contributed by atoms with Crippen LogP contribution in [0.2, 0.25) is 0 Å². The van der Waals surface area contributed by atoms with Crippen LogP contribution in [0.5, 0.6) is 0 Å². The first-order chi connectivity index (χ1) is 20.6. The van der Waals surface area contributed by atoms with Crippen molar-refractivity contribution >= 4 is 35.6 Å². The maximum atomic E-state index is 12.9. The van der Waals surface area contributed by atoms with E-state index in [9.17, 15) is 24.0 Å². The first kappa shape index (κ1) is 38.2. The second-order valence-electron chi connectivity index (χ2n) is 12.6. The van der Waals surface area contributed by atoms with Gasteiger partial charge in [-0.1, -0.05) is 46.2 Å². The summed E-state index contributed by atoms with van der Waals surface area (Å²) in [5.41, 5.74) is 10.7. The van der Waals surface area contributed by atoms with Crippen LogP contribution in [0.1, 0.15) is 92.6 Å². The van der Waals surface area contributed by atoms with E-state index in [-0.39, 0.29) is 36.7 Å². The normalized spacial score (nSPS) is 12.6. The number of benzene rings is 1. The van der Waals surface area contributed by atoms with E-state index in [1.807, 2.05) is 27.7 Å². The van der Waals surface area contributed by atoms with Crippen LogP contribution in [0.15, 0.2) is 24.3 Å². The Balaban J connectivity index is 2.65. The molecule has 0 heterocycles. The first-order valence-corrected chi connectivity index (χ1v) is 15.2. The van der Waals surface area contributed by atoms with Crippen molar-refractivity contribution in [3.05, 3.63) is 29.8 Å². The number of nitrogens with two attached hydrogens (primary N) is 1. The molecule has 1 aromatic rings. The van der Waals surface area contributed by atoms with Gasteiger partial charge in [0.25, 0.3) is 5.91 Å². The molecule has 0 saturated heterocycles. The third-order valence-corrected chi connectivity index (χ3v) is 6.05. The van der Waals surface area contributed by atoms with Crippen molar-refractivity contribution in [3.63, 3.8) is 0 Å². The van der Waals surface area contributed by atoms with E-state index in [0.717, 1.165) is 12.8 Å². The SMILES string of the molecule is CC(C)C[C@H](NC(=O)OC(C)(C)C)C(=O)Nc1ccc(COC(=O)N[C@H](CC(C)C)C(=O)NNC(=O)CCCCCN)cc1. The van der Waals surface area contributed by atoms with Gasteiger partial charge >= 0.3 is 12.2 Å². The Hall–Kier alpha value is -3.87. The molecule has 1 aromatic carbocycles. The van der Waals surface area contributed by atoms with E-state index in [1.165, 1.54) is 0 Å². The third kappa shape index (κ3) is 17.3. The minimum atomic E-state index is -0.911. The Morgan fingerprint density at radius 2 is 1.34 bits per heavy atom. The number of nitrogens with one attached hydrogen (secondary N) is 5. The molecule has 44 heavy (non-hydrogen) atoms. The van der Waals surface area contributed by atoms with E-state index in [4.69, 9.17) is 15.2 Å². The molecule has 0 bridgehead atoms. The Kier molecular flexibility index (Phi) is 16.8. The molecule has 0 aliphatic rings. The Morgan fingerprint density at radius 1 is 0.773 bits per heavy atom. The summed E-state index contributed by atoms with van der Waals surface area (Å²) in [6, 6.07) is 4.98. The lowest BCUT2D eigenvalue weighted by molar-refractivity contribution is -0.130. The van der Waals surface area contributed by atoms with E-state index < -0.39 is 35.8 Å². The summed E-state index contributed by atoms with van der Waals surface area (Å²) in [6.45, 7) is 13.4. The summed E-state index contributed by atoms with van der Waals surface area (Å²) in [7, 11) is 0. The Morgan fingerprint density at radius 3 is 1.89 bits per heavy atom. The van der Waals surface area contributed by atoms with Crippen LogP contribution < -0.4 is 32.5 Å². The number of hydrogen-bond donors (Lipinski definition) is 6. The number of amides is 5. The number of rotatable bonds is 16. The molecule has 13 nitrogen and oxygen atoms in total. The van der Waals surface area contributed by atoms with E-state index >= 15 is 0 Å². The molecular formula is C31H52N6O7. The largest absolute Gasteiger partial charge is 0.445 e. The lowest BCUT2D eigenvalue weighted by Crippen LogP contribution is -2.52. The summed E-state index contributed by atoms with van der Waals surface area (Å²) in [5, 5.41) is 7.99. The monoisotopic (exact) mass is 620 g/mol. The average Bonchev–Trinajstić information content (AvgIpc) is 2.91. The van der Waals surface area contributed by atoms with E-state index in [1.54, 1.807) is 45.0 Å². The van der Waals surface area contributed by atoms with Gasteiger partial charge in [-0.3, -0.25) is 25.2 Å². The molecule has 0 unspecified atom stereocenters. The first-order valence-electron chi connectivity index (χ1n) is 15.2. The lowest BCUT2D eigenvalue weighted by atomic mass is 10.0. The minimum Gasteiger partial charge on any atom is -0.445 e.